The molecule has 0 aliphatic carbocycles. The maximum Gasteiger partial charge on any atom is 0.193 e. The quantitative estimate of drug-likeness (QED) is 0.407. The summed E-state index contributed by atoms with van der Waals surface area (Å²) in [5, 5.41) is 0. The van der Waals surface area contributed by atoms with Crippen LogP contribution in [0, 0.1) is 0 Å². The van der Waals surface area contributed by atoms with Gasteiger partial charge in [-0.3, -0.25) is 4.79 Å². The average molecular weight is 365 g/mol. The summed E-state index contributed by atoms with van der Waals surface area (Å²) < 4.78 is 0. The lowest BCUT2D eigenvalue weighted by atomic mass is 9.98. The fourth-order valence-corrected chi connectivity index (χ4v) is 2.82. The van der Waals surface area contributed by atoms with Crippen molar-refractivity contribution < 1.29 is 4.79 Å². The Morgan fingerprint density at radius 3 is 1.74 bits per heavy atom. The largest absolute Gasteiger partial charge is 0.289 e. The maximum atomic E-state index is 12.4. The molecule has 3 aromatic carbocycles. The van der Waals surface area contributed by atoms with Crippen molar-refractivity contribution in [3.8, 4) is 11.1 Å². The van der Waals surface area contributed by atoms with E-state index in [0.717, 1.165) is 16.7 Å². The van der Waals surface area contributed by atoms with Crippen LogP contribution in [0.5, 0.6) is 0 Å². The Morgan fingerprint density at radius 2 is 1.22 bits per heavy atom. The van der Waals surface area contributed by atoms with Gasteiger partial charge in [0.2, 0.25) is 0 Å². The molecule has 0 amide bonds. The molecule has 0 aromatic heterocycles. The molecule has 2 heteroatoms. The van der Waals surface area contributed by atoms with E-state index >= 15 is 0 Å². The molecule has 0 saturated heterocycles. The molecule has 0 saturated carbocycles. The lowest BCUT2D eigenvalue weighted by molar-refractivity contribution is 0.103. The van der Waals surface area contributed by atoms with E-state index in [1.165, 1.54) is 5.56 Å². The fraction of sp³-hybridized carbons (Fsp3) is 0.0952. The molecule has 3 aromatic rings. The molecule has 0 bridgehead atoms. The molecular formula is C21H17BrO. The van der Waals surface area contributed by atoms with Gasteiger partial charge in [-0.05, 0) is 23.6 Å². The summed E-state index contributed by atoms with van der Waals surface area (Å²) in [5.41, 5.74) is 4.95. The third kappa shape index (κ3) is 3.59. The predicted molar refractivity (Wildman–Crippen MR) is 99.1 cm³/mol. The second-order valence-electron chi connectivity index (χ2n) is 5.51. The summed E-state index contributed by atoms with van der Waals surface area (Å²) in [5.74, 6) is 0.0561. The van der Waals surface area contributed by atoms with Crippen molar-refractivity contribution in [1.29, 1.82) is 0 Å². The zero-order valence-electron chi connectivity index (χ0n) is 12.9. The summed E-state index contributed by atoms with van der Waals surface area (Å²) >= 11 is 3.57. The van der Waals surface area contributed by atoms with Crippen molar-refractivity contribution in [2.24, 2.45) is 0 Å². The molecule has 0 aliphatic heterocycles. The highest BCUT2D eigenvalue weighted by Crippen LogP contribution is 2.26. The van der Waals surface area contributed by atoms with Crippen LogP contribution in [0.4, 0.5) is 0 Å². The summed E-state index contributed by atoms with van der Waals surface area (Å²) in [4.78, 5) is 12.8. The minimum atomic E-state index is 0.0561. The Morgan fingerprint density at radius 1 is 0.739 bits per heavy atom. The van der Waals surface area contributed by atoms with Crippen molar-refractivity contribution in [3.63, 3.8) is 0 Å². The Hall–Kier alpha value is -2.19. The highest BCUT2D eigenvalue weighted by Gasteiger charge is 2.08. The second-order valence-corrected chi connectivity index (χ2v) is 6.88. The smallest absolute Gasteiger partial charge is 0.193 e. The van der Waals surface area contributed by atoms with Gasteiger partial charge in [-0.25, -0.2) is 0 Å². The molecule has 23 heavy (non-hydrogen) atoms. The number of alkyl halides is 1. The molecule has 0 spiro atoms. The first-order valence-corrected chi connectivity index (χ1v) is 8.51. The SMILES string of the molecule is CC(Br)c1ccc(-c2ccc(C(=O)c3ccccc3)cc2)cc1. The van der Waals surface area contributed by atoms with E-state index in [9.17, 15) is 4.79 Å². The molecule has 0 radical (unpaired) electrons. The minimum absolute atomic E-state index is 0.0561. The van der Waals surface area contributed by atoms with Gasteiger partial charge in [0, 0.05) is 16.0 Å². The first-order chi connectivity index (χ1) is 11.1. The van der Waals surface area contributed by atoms with E-state index in [-0.39, 0.29) is 5.78 Å². The standard InChI is InChI=1S/C21H17BrO/c1-15(22)16-7-9-17(10-8-16)18-11-13-20(14-12-18)21(23)19-5-3-2-4-6-19/h2-15H,1H3. The monoisotopic (exact) mass is 364 g/mol. The molecule has 1 unspecified atom stereocenters. The summed E-state index contributed by atoms with van der Waals surface area (Å²) in [6, 6.07) is 25.6. The van der Waals surface area contributed by atoms with Crippen molar-refractivity contribution in [2.75, 3.05) is 0 Å². The zero-order valence-corrected chi connectivity index (χ0v) is 14.5. The van der Waals surface area contributed by atoms with Crippen LogP contribution in [-0.2, 0) is 0 Å². The van der Waals surface area contributed by atoms with E-state index in [2.05, 4.69) is 47.1 Å². The number of hydrogen-bond donors (Lipinski definition) is 0. The Labute approximate surface area is 145 Å². The molecule has 114 valence electrons. The van der Waals surface area contributed by atoms with Crippen LogP contribution in [0.15, 0.2) is 78.9 Å². The number of halogens is 1. The van der Waals surface area contributed by atoms with Gasteiger partial charge in [0.1, 0.15) is 0 Å². The van der Waals surface area contributed by atoms with Crippen LogP contribution in [0.1, 0.15) is 33.2 Å². The van der Waals surface area contributed by atoms with E-state index in [4.69, 9.17) is 0 Å². The van der Waals surface area contributed by atoms with Crippen LogP contribution < -0.4 is 0 Å². The molecule has 1 atom stereocenters. The van der Waals surface area contributed by atoms with Gasteiger partial charge in [-0.2, -0.15) is 0 Å². The number of ketones is 1. The van der Waals surface area contributed by atoms with Gasteiger partial charge in [-0.15, -0.1) is 0 Å². The topological polar surface area (TPSA) is 17.1 Å². The Balaban J connectivity index is 1.83. The van der Waals surface area contributed by atoms with Gasteiger partial charge in [0.25, 0.3) is 0 Å². The van der Waals surface area contributed by atoms with Gasteiger partial charge < -0.3 is 0 Å². The summed E-state index contributed by atoms with van der Waals surface area (Å²) in [6.45, 7) is 2.11. The lowest BCUT2D eigenvalue weighted by Gasteiger charge is -2.07. The molecule has 3 rings (SSSR count). The zero-order chi connectivity index (χ0) is 16.2. The van der Waals surface area contributed by atoms with Crippen LogP contribution in [0.25, 0.3) is 11.1 Å². The van der Waals surface area contributed by atoms with E-state index < -0.39 is 0 Å². The Kier molecular flexibility index (Phi) is 4.73. The molecule has 0 fully saturated rings. The molecule has 0 N–H and O–H groups in total. The van der Waals surface area contributed by atoms with Gasteiger partial charge in [0.15, 0.2) is 5.78 Å². The second kappa shape index (κ2) is 6.93. The molecular weight excluding hydrogens is 348 g/mol. The summed E-state index contributed by atoms with van der Waals surface area (Å²) in [7, 11) is 0. The highest BCUT2D eigenvalue weighted by molar-refractivity contribution is 9.09. The van der Waals surface area contributed by atoms with Gasteiger partial charge >= 0.3 is 0 Å². The lowest BCUT2D eigenvalue weighted by Crippen LogP contribution is -2.00. The third-order valence-corrected chi connectivity index (χ3v) is 4.42. The van der Waals surface area contributed by atoms with E-state index in [1.807, 2.05) is 54.6 Å². The first kappa shape index (κ1) is 15.7. The van der Waals surface area contributed by atoms with Crippen LogP contribution in [-0.4, -0.2) is 5.78 Å². The number of carbonyl (C=O) groups is 1. The molecule has 1 nitrogen and oxygen atoms in total. The van der Waals surface area contributed by atoms with Crippen molar-refractivity contribution in [3.05, 3.63) is 95.6 Å². The normalized spacial score (nSPS) is 11.9. The predicted octanol–water partition coefficient (Wildman–Crippen LogP) is 6.04. The number of hydrogen-bond acceptors (Lipinski definition) is 1. The fourth-order valence-electron chi connectivity index (χ4n) is 2.51. The number of carbonyl (C=O) groups excluding carboxylic acids is 1. The van der Waals surface area contributed by atoms with E-state index in [1.54, 1.807) is 0 Å². The highest BCUT2D eigenvalue weighted by atomic mass is 79.9. The van der Waals surface area contributed by atoms with Crippen LogP contribution in [0.3, 0.4) is 0 Å². The average Bonchev–Trinajstić information content (AvgIpc) is 2.62. The number of rotatable bonds is 4. The van der Waals surface area contributed by atoms with Gasteiger partial charge in [0.05, 0.1) is 0 Å². The van der Waals surface area contributed by atoms with Crippen LogP contribution >= 0.6 is 15.9 Å². The molecule has 0 aliphatic rings. The maximum absolute atomic E-state index is 12.4. The van der Waals surface area contributed by atoms with E-state index in [0.29, 0.717) is 10.4 Å². The first-order valence-electron chi connectivity index (χ1n) is 7.59. The van der Waals surface area contributed by atoms with Crippen LogP contribution in [0.2, 0.25) is 0 Å². The molecule has 0 heterocycles. The Bertz CT molecular complexity index is 788. The summed E-state index contributed by atoms with van der Waals surface area (Å²) in [6.07, 6.45) is 0. The van der Waals surface area contributed by atoms with Gasteiger partial charge in [-0.1, -0.05) is 94.8 Å². The van der Waals surface area contributed by atoms with Crippen molar-refractivity contribution >= 4 is 21.7 Å². The third-order valence-electron chi connectivity index (χ3n) is 3.89. The minimum Gasteiger partial charge on any atom is -0.289 e. The number of benzene rings is 3. The van der Waals surface area contributed by atoms with Crippen molar-refractivity contribution in [1.82, 2.24) is 0 Å². The van der Waals surface area contributed by atoms with Crippen molar-refractivity contribution in [2.45, 2.75) is 11.8 Å².